The molecule has 2 aromatic heterocycles. The Labute approximate surface area is 191 Å². The van der Waals surface area contributed by atoms with Crippen LogP contribution in [-0.4, -0.2) is 57.3 Å². The summed E-state index contributed by atoms with van der Waals surface area (Å²) in [6, 6.07) is 3.47. The summed E-state index contributed by atoms with van der Waals surface area (Å²) in [4.78, 5) is 25.4. The van der Waals surface area contributed by atoms with Crippen molar-refractivity contribution in [1.29, 1.82) is 0 Å². The molecule has 1 aliphatic carbocycles. The van der Waals surface area contributed by atoms with E-state index in [1.54, 1.807) is 9.47 Å². The van der Waals surface area contributed by atoms with Gasteiger partial charge in [-0.15, -0.1) is 0 Å². The lowest BCUT2D eigenvalue weighted by atomic mass is 10.1. The lowest BCUT2D eigenvalue weighted by molar-refractivity contribution is 0.0240. The predicted octanol–water partition coefficient (Wildman–Crippen LogP) is 4.63. The average molecular weight is 456 g/mol. The van der Waals surface area contributed by atoms with Crippen molar-refractivity contribution in [1.82, 2.24) is 19.4 Å². The molecule has 2 aliphatic rings. The first-order chi connectivity index (χ1) is 15.7. The fraction of sp³-hybridized carbons (Fsp3) is 0.458. The Morgan fingerprint density at radius 1 is 1.03 bits per heavy atom. The van der Waals surface area contributed by atoms with Crippen LogP contribution >= 0.6 is 0 Å². The van der Waals surface area contributed by atoms with Crippen LogP contribution in [0.5, 0.6) is 0 Å². The van der Waals surface area contributed by atoms with Gasteiger partial charge < -0.3 is 19.1 Å². The van der Waals surface area contributed by atoms with E-state index in [-0.39, 0.29) is 6.09 Å². The number of carbonyl (C=O) groups excluding carboxylic acids is 1. The maximum absolute atomic E-state index is 13.9. The summed E-state index contributed by atoms with van der Waals surface area (Å²) in [6.45, 7) is 7.82. The van der Waals surface area contributed by atoms with E-state index in [2.05, 4.69) is 14.9 Å². The van der Waals surface area contributed by atoms with E-state index in [4.69, 9.17) is 4.74 Å². The van der Waals surface area contributed by atoms with E-state index < -0.39 is 17.2 Å². The highest BCUT2D eigenvalue weighted by Crippen LogP contribution is 2.46. The molecule has 7 nitrogen and oxygen atoms in total. The highest BCUT2D eigenvalue weighted by atomic mass is 19.1. The van der Waals surface area contributed by atoms with Crippen LogP contribution in [0.15, 0.2) is 30.7 Å². The average Bonchev–Trinajstić information content (AvgIpc) is 3.51. The minimum atomic E-state index is -0.632. The molecule has 1 saturated carbocycles. The number of carbonyl (C=O) groups is 1. The van der Waals surface area contributed by atoms with Crippen LogP contribution in [0, 0.1) is 11.6 Å². The highest BCUT2D eigenvalue weighted by molar-refractivity contribution is 5.93. The normalized spacial score (nSPS) is 17.0. The van der Waals surface area contributed by atoms with E-state index >= 15 is 0 Å². The molecule has 174 valence electrons. The van der Waals surface area contributed by atoms with E-state index in [0.29, 0.717) is 43.4 Å². The van der Waals surface area contributed by atoms with Crippen LogP contribution in [0.4, 0.5) is 19.4 Å². The summed E-state index contributed by atoms with van der Waals surface area (Å²) in [5, 5.41) is 0.912. The Hall–Kier alpha value is -3.23. The number of hydrogen-bond donors (Lipinski definition) is 0. The molecule has 1 aromatic carbocycles. The van der Waals surface area contributed by atoms with Crippen LogP contribution in [0.25, 0.3) is 16.7 Å². The van der Waals surface area contributed by atoms with Gasteiger partial charge in [0, 0.05) is 38.4 Å². The number of piperazine rings is 1. The third-order valence-corrected chi connectivity index (χ3v) is 5.97. The maximum Gasteiger partial charge on any atom is 0.410 e. The first kappa shape index (κ1) is 21.6. The van der Waals surface area contributed by atoms with Crippen LogP contribution < -0.4 is 4.90 Å². The number of aromatic nitrogens is 3. The molecule has 0 spiro atoms. The van der Waals surface area contributed by atoms with Gasteiger partial charge in [0.2, 0.25) is 0 Å². The van der Waals surface area contributed by atoms with Crippen molar-refractivity contribution in [2.45, 2.75) is 45.1 Å². The van der Waals surface area contributed by atoms with Crippen molar-refractivity contribution in [3.05, 3.63) is 47.9 Å². The Kier molecular flexibility index (Phi) is 5.22. The van der Waals surface area contributed by atoms with E-state index in [9.17, 15) is 13.6 Å². The van der Waals surface area contributed by atoms with E-state index in [1.165, 1.54) is 18.5 Å². The van der Waals surface area contributed by atoms with Crippen LogP contribution in [0.3, 0.4) is 0 Å². The quantitative estimate of drug-likeness (QED) is 0.576. The summed E-state index contributed by atoms with van der Waals surface area (Å²) in [7, 11) is 0. The second-order valence-electron chi connectivity index (χ2n) is 9.71. The minimum Gasteiger partial charge on any atom is -0.444 e. The van der Waals surface area contributed by atoms with Gasteiger partial charge in [0.15, 0.2) is 0 Å². The number of rotatable bonds is 3. The molecule has 9 heteroatoms. The van der Waals surface area contributed by atoms with Crippen molar-refractivity contribution in [2.24, 2.45) is 0 Å². The third-order valence-electron chi connectivity index (χ3n) is 5.97. The first-order valence-electron chi connectivity index (χ1n) is 11.2. The van der Waals surface area contributed by atoms with Crippen molar-refractivity contribution in [2.75, 3.05) is 31.1 Å². The molecule has 1 aliphatic heterocycles. The summed E-state index contributed by atoms with van der Waals surface area (Å²) < 4.78 is 35.1. The van der Waals surface area contributed by atoms with Gasteiger partial charge in [-0.25, -0.2) is 23.5 Å². The summed E-state index contributed by atoms with van der Waals surface area (Å²) in [5.41, 5.74) is 1.58. The molecular weight excluding hydrogens is 428 g/mol. The largest absolute Gasteiger partial charge is 0.444 e. The van der Waals surface area contributed by atoms with Gasteiger partial charge in [0.05, 0.1) is 11.1 Å². The molecule has 0 atom stereocenters. The predicted molar refractivity (Wildman–Crippen MR) is 121 cm³/mol. The molecule has 0 N–H and O–H groups in total. The number of benzene rings is 1. The van der Waals surface area contributed by atoms with Gasteiger partial charge in [-0.05, 0) is 57.2 Å². The molecule has 3 aromatic rings. The maximum atomic E-state index is 13.9. The Morgan fingerprint density at radius 2 is 1.70 bits per heavy atom. The number of amides is 1. The van der Waals surface area contributed by atoms with E-state index in [0.717, 1.165) is 35.7 Å². The van der Waals surface area contributed by atoms with E-state index in [1.807, 2.05) is 27.0 Å². The lowest BCUT2D eigenvalue weighted by Crippen LogP contribution is -2.50. The van der Waals surface area contributed by atoms with Gasteiger partial charge in [-0.1, -0.05) is 0 Å². The van der Waals surface area contributed by atoms with Gasteiger partial charge >= 0.3 is 6.09 Å². The summed E-state index contributed by atoms with van der Waals surface area (Å²) in [6.07, 6.45) is 5.24. The van der Waals surface area contributed by atoms with Gasteiger partial charge in [-0.2, -0.15) is 0 Å². The zero-order valence-electron chi connectivity index (χ0n) is 19.0. The highest BCUT2D eigenvalue weighted by Gasteiger charge is 2.32. The van der Waals surface area contributed by atoms with Crippen LogP contribution in [0.1, 0.15) is 45.1 Å². The van der Waals surface area contributed by atoms with Gasteiger partial charge in [0.1, 0.15) is 35.0 Å². The summed E-state index contributed by atoms with van der Waals surface area (Å²) in [5.74, 6) is -0.0824. The number of halogens is 2. The number of ether oxygens (including phenoxy) is 1. The molecule has 5 rings (SSSR count). The number of anilines is 1. The zero-order chi connectivity index (χ0) is 23.3. The second kappa shape index (κ2) is 7.97. The SMILES string of the molecule is CC(C)(C)OC(=O)N1CCN(c2ncnc3c2c(C2CC2)cn3-c2cc(F)cc(F)c2)CC1. The Morgan fingerprint density at radius 3 is 2.30 bits per heavy atom. The molecule has 1 saturated heterocycles. The van der Waals surface area contributed by atoms with Crippen molar-refractivity contribution < 1.29 is 18.3 Å². The van der Waals surface area contributed by atoms with Gasteiger partial charge in [-0.3, -0.25) is 0 Å². The molecule has 33 heavy (non-hydrogen) atoms. The molecule has 0 bridgehead atoms. The molecule has 1 amide bonds. The minimum absolute atomic E-state index is 0.312. The van der Waals surface area contributed by atoms with Crippen molar-refractivity contribution in [3.8, 4) is 5.69 Å². The Bertz CT molecular complexity index is 1190. The van der Waals surface area contributed by atoms with Crippen molar-refractivity contribution in [3.63, 3.8) is 0 Å². The zero-order valence-corrected chi connectivity index (χ0v) is 19.0. The lowest BCUT2D eigenvalue weighted by Gasteiger charge is -2.36. The molecular formula is C24H27F2N5O2. The Balaban J connectivity index is 1.48. The topological polar surface area (TPSA) is 63.5 Å². The molecule has 0 radical (unpaired) electrons. The van der Waals surface area contributed by atoms with Crippen LogP contribution in [-0.2, 0) is 4.74 Å². The monoisotopic (exact) mass is 455 g/mol. The number of nitrogens with zero attached hydrogens (tertiary/aromatic N) is 5. The third kappa shape index (κ3) is 4.36. The smallest absolute Gasteiger partial charge is 0.410 e. The first-order valence-corrected chi connectivity index (χ1v) is 11.2. The molecule has 3 heterocycles. The second-order valence-corrected chi connectivity index (χ2v) is 9.71. The molecule has 0 unspecified atom stereocenters. The van der Waals surface area contributed by atoms with Crippen LogP contribution in [0.2, 0.25) is 0 Å². The number of hydrogen-bond acceptors (Lipinski definition) is 5. The fourth-order valence-electron chi connectivity index (χ4n) is 4.32. The summed E-state index contributed by atoms with van der Waals surface area (Å²) >= 11 is 0. The van der Waals surface area contributed by atoms with Crippen molar-refractivity contribution >= 4 is 22.9 Å². The number of fused-ring (bicyclic) bond motifs is 1. The fourth-order valence-corrected chi connectivity index (χ4v) is 4.32. The molecule has 2 fully saturated rings. The van der Waals surface area contributed by atoms with Gasteiger partial charge in [0.25, 0.3) is 0 Å². The standard InChI is InChI=1S/C24H27F2N5O2/c1-24(2,3)33-23(32)30-8-6-29(7-9-30)21-20-19(15-4-5-15)13-31(22(20)28-14-27-21)18-11-16(25)10-17(26)12-18/h10-15H,4-9H2,1-3H3.